The van der Waals surface area contributed by atoms with Crippen molar-refractivity contribution in [3.63, 3.8) is 0 Å². The van der Waals surface area contributed by atoms with Gasteiger partial charge in [-0.1, -0.05) is 45.3 Å². The number of hydrogen-bond acceptors (Lipinski definition) is 4. The van der Waals surface area contributed by atoms with Crippen LogP contribution in [0.3, 0.4) is 0 Å². The van der Waals surface area contributed by atoms with Crippen LogP contribution in [0.25, 0.3) is 0 Å². The van der Waals surface area contributed by atoms with Gasteiger partial charge in [0.1, 0.15) is 11.5 Å². The maximum atomic E-state index is 11.9. The van der Waals surface area contributed by atoms with Gasteiger partial charge in [-0.3, -0.25) is 9.59 Å². The summed E-state index contributed by atoms with van der Waals surface area (Å²) in [4.78, 5) is 23.8. The van der Waals surface area contributed by atoms with Crippen molar-refractivity contribution in [3.05, 3.63) is 34.9 Å². The van der Waals surface area contributed by atoms with E-state index in [1.54, 1.807) is 0 Å². The average Bonchev–Trinajstić information content (AvgIpc) is 2.60. The maximum absolute atomic E-state index is 11.9. The number of esters is 2. The molecule has 0 saturated heterocycles. The summed E-state index contributed by atoms with van der Waals surface area (Å²) in [5.41, 5.74) is 3.18. The van der Waals surface area contributed by atoms with Crippen LogP contribution in [0, 0.1) is 11.8 Å². The number of carbonyl (C=O) groups is 2. The maximum Gasteiger partial charge on any atom is 0.308 e. The van der Waals surface area contributed by atoms with Crippen molar-refractivity contribution in [1.82, 2.24) is 0 Å². The fourth-order valence-electron chi connectivity index (χ4n) is 4.32. The summed E-state index contributed by atoms with van der Waals surface area (Å²) in [5, 5.41) is 0. The first-order valence-corrected chi connectivity index (χ1v) is 10.9. The molecule has 1 aromatic carbocycles. The van der Waals surface area contributed by atoms with Gasteiger partial charge in [0.25, 0.3) is 0 Å². The third kappa shape index (κ3) is 6.45. The highest BCUT2D eigenvalue weighted by atomic mass is 16.5. The summed E-state index contributed by atoms with van der Waals surface area (Å²) >= 11 is 0. The van der Waals surface area contributed by atoms with Crippen molar-refractivity contribution < 1.29 is 19.1 Å². The number of benzene rings is 1. The number of rotatable bonds is 8. The lowest BCUT2D eigenvalue weighted by molar-refractivity contribution is -0.132. The van der Waals surface area contributed by atoms with E-state index in [0.29, 0.717) is 23.3 Å². The Bertz CT molecular complexity index is 723. The highest BCUT2D eigenvalue weighted by molar-refractivity contribution is 5.73. The Balaban J connectivity index is 2.62. The van der Waals surface area contributed by atoms with E-state index in [-0.39, 0.29) is 17.9 Å². The lowest BCUT2D eigenvalue weighted by atomic mass is 9.71. The summed E-state index contributed by atoms with van der Waals surface area (Å²) in [7, 11) is 0. The van der Waals surface area contributed by atoms with Crippen LogP contribution in [0.1, 0.15) is 90.7 Å². The van der Waals surface area contributed by atoms with Gasteiger partial charge in [-0.2, -0.15) is 0 Å². The molecule has 0 aliphatic heterocycles. The number of aryl methyl sites for hydroxylation is 1. The number of hydrogen-bond donors (Lipinski definition) is 0. The van der Waals surface area contributed by atoms with E-state index in [9.17, 15) is 9.59 Å². The average molecular weight is 401 g/mol. The molecule has 160 valence electrons. The molecule has 0 aromatic heterocycles. The Labute approximate surface area is 175 Å². The molecule has 2 atom stereocenters. The molecule has 0 fully saturated rings. The molecular weight excluding hydrogens is 364 g/mol. The van der Waals surface area contributed by atoms with Crippen LogP contribution in [-0.4, -0.2) is 11.9 Å². The second-order valence-corrected chi connectivity index (χ2v) is 8.64. The Morgan fingerprint density at radius 3 is 2.14 bits per heavy atom. The normalized spacial score (nSPS) is 19.1. The molecule has 2 unspecified atom stereocenters. The van der Waals surface area contributed by atoms with E-state index in [1.807, 2.05) is 12.1 Å². The molecule has 0 radical (unpaired) electrons. The van der Waals surface area contributed by atoms with Crippen LogP contribution in [0.5, 0.6) is 11.5 Å². The predicted octanol–water partition coefficient (Wildman–Crippen LogP) is 6.37. The third-order valence-corrected chi connectivity index (χ3v) is 5.73. The first kappa shape index (κ1) is 23.2. The summed E-state index contributed by atoms with van der Waals surface area (Å²) < 4.78 is 11.3. The molecule has 1 aromatic rings. The van der Waals surface area contributed by atoms with Gasteiger partial charge < -0.3 is 9.47 Å². The highest BCUT2D eigenvalue weighted by Crippen LogP contribution is 2.47. The molecule has 4 heteroatoms. The molecule has 0 bridgehead atoms. The standard InChI is InChI=1S/C25H36O4/c1-7-8-9-10-20-14-23(28-18(5)26)25(24(15-20)29-19(6)27)22-13-17(4)11-12-21(22)16(2)3/h13-16,21-22H,7-12H2,1-6H3. The molecule has 4 nitrogen and oxygen atoms in total. The van der Waals surface area contributed by atoms with E-state index >= 15 is 0 Å². The van der Waals surface area contributed by atoms with Crippen molar-refractivity contribution in [2.45, 2.75) is 86.0 Å². The molecule has 0 saturated carbocycles. The monoisotopic (exact) mass is 400 g/mol. The second kappa shape index (κ2) is 10.6. The topological polar surface area (TPSA) is 52.6 Å². The minimum atomic E-state index is -0.358. The van der Waals surface area contributed by atoms with Crippen LogP contribution in [-0.2, 0) is 16.0 Å². The third-order valence-electron chi connectivity index (χ3n) is 5.73. The number of unbranched alkanes of at least 4 members (excludes halogenated alkanes) is 2. The van der Waals surface area contributed by atoms with Gasteiger partial charge in [0.15, 0.2) is 0 Å². The van der Waals surface area contributed by atoms with Crippen molar-refractivity contribution in [1.29, 1.82) is 0 Å². The van der Waals surface area contributed by atoms with Gasteiger partial charge >= 0.3 is 11.9 Å². The van der Waals surface area contributed by atoms with Gasteiger partial charge in [-0.15, -0.1) is 0 Å². The fourth-order valence-corrected chi connectivity index (χ4v) is 4.32. The van der Waals surface area contributed by atoms with Gasteiger partial charge in [0.05, 0.1) is 0 Å². The van der Waals surface area contributed by atoms with Gasteiger partial charge in [0, 0.05) is 25.3 Å². The van der Waals surface area contributed by atoms with E-state index in [1.165, 1.54) is 19.4 Å². The van der Waals surface area contributed by atoms with Gasteiger partial charge in [-0.05, 0) is 62.1 Å². The minimum absolute atomic E-state index is 0.0529. The van der Waals surface area contributed by atoms with Crippen LogP contribution >= 0.6 is 0 Å². The fraction of sp³-hybridized carbons (Fsp3) is 0.600. The van der Waals surface area contributed by atoms with E-state index < -0.39 is 0 Å². The highest BCUT2D eigenvalue weighted by Gasteiger charge is 2.33. The largest absolute Gasteiger partial charge is 0.426 e. The zero-order valence-electron chi connectivity index (χ0n) is 18.8. The zero-order valence-corrected chi connectivity index (χ0v) is 18.8. The minimum Gasteiger partial charge on any atom is -0.426 e. The molecule has 2 rings (SSSR count). The molecule has 0 amide bonds. The second-order valence-electron chi connectivity index (χ2n) is 8.64. The van der Waals surface area contributed by atoms with Crippen LogP contribution in [0.15, 0.2) is 23.8 Å². The Kier molecular flexibility index (Phi) is 8.48. The van der Waals surface area contributed by atoms with Crippen LogP contribution in [0.4, 0.5) is 0 Å². The summed E-state index contributed by atoms with van der Waals surface area (Å²) in [6.45, 7) is 11.6. The van der Waals surface area contributed by atoms with Gasteiger partial charge in [0.2, 0.25) is 0 Å². The molecule has 29 heavy (non-hydrogen) atoms. The number of allylic oxidation sites excluding steroid dienone is 2. The first-order valence-electron chi connectivity index (χ1n) is 10.9. The molecular formula is C25H36O4. The van der Waals surface area contributed by atoms with Crippen molar-refractivity contribution in [2.75, 3.05) is 0 Å². The van der Waals surface area contributed by atoms with E-state index in [0.717, 1.165) is 49.7 Å². The predicted molar refractivity (Wildman–Crippen MR) is 116 cm³/mol. The van der Waals surface area contributed by atoms with Crippen LogP contribution < -0.4 is 9.47 Å². The van der Waals surface area contributed by atoms with Gasteiger partial charge in [-0.25, -0.2) is 0 Å². The smallest absolute Gasteiger partial charge is 0.308 e. The van der Waals surface area contributed by atoms with Crippen LogP contribution in [0.2, 0.25) is 0 Å². The van der Waals surface area contributed by atoms with Crippen molar-refractivity contribution >= 4 is 11.9 Å². The molecule has 0 heterocycles. The molecule has 0 N–H and O–H groups in total. The summed E-state index contributed by atoms with van der Waals surface area (Å²) in [5.74, 6) is 1.26. The Morgan fingerprint density at radius 2 is 1.66 bits per heavy atom. The van der Waals surface area contributed by atoms with E-state index in [4.69, 9.17) is 9.47 Å². The summed E-state index contributed by atoms with van der Waals surface area (Å²) in [6, 6.07) is 3.93. The van der Waals surface area contributed by atoms with E-state index in [2.05, 4.69) is 33.8 Å². The lowest BCUT2D eigenvalue weighted by Gasteiger charge is -2.34. The molecule has 1 aliphatic rings. The Morgan fingerprint density at radius 1 is 1.07 bits per heavy atom. The van der Waals surface area contributed by atoms with Crippen molar-refractivity contribution in [2.24, 2.45) is 11.8 Å². The van der Waals surface area contributed by atoms with Crippen molar-refractivity contribution in [3.8, 4) is 11.5 Å². The first-order chi connectivity index (χ1) is 13.7. The lowest BCUT2D eigenvalue weighted by Crippen LogP contribution is -2.23. The zero-order chi connectivity index (χ0) is 21.6. The molecule has 0 spiro atoms. The number of carbonyl (C=O) groups excluding carboxylic acids is 2. The SMILES string of the molecule is CCCCCc1cc(OC(C)=O)c(C2C=C(C)CCC2C(C)C)c(OC(C)=O)c1. The summed E-state index contributed by atoms with van der Waals surface area (Å²) in [6.07, 6.45) is 8.58. The number of ether oxygens (including phenoxy) is 2. The quantitative estimate of drug-likeness (QED) is 0.220. The Hall–Kier alpha value is -2.10. The molecule has 1 aliphatic carbocycles.